The van der Waals surface area contributed by atoms with E-state index in [1.54, 1.807) is 18.2 Å². The van der Waals surface area contributed by atoms with E-state index in [4.69, 9.17) is 10.8 Å². The first-order valence-corrected chi connectivity index (χ1v) is 4.44. The maximum Gasteiger partial charge on any atom is 0.128 e. The summed E-state index contributed by atoms with van der Waals surface area (Å²) in [5, 5.41) is 8.85. The van der Waals surface area contributed by atoms with Gasteiger partial charge in [0.1, 0.15) is 5.82 Å². The highest BCUT2D eigenvalue weighted by atomic mass is 19.1. The van der Waals surface area contributed by atoms with Crippen molar-refractivity contribution in [3.63, 3.8) is 0 Å². The van der Waals surface area contributed by atoms with E-state index in [0.29, 0.717) is 6.42 Å². The number of hydrogen-bond donors (Lipinski definition) is 2. The minimum absolute atomic E-state index is 0.182. The van der Waals surface area contributed by atoms with Gasteiger partial charge in [0.2, 0.25) is 0 Å². The van der Waals surface area contributed by atoms with Crippen LogP contribution in [0, 0.1) is 5.82 Å². The van der Waals surface area contributed by atoms with E-state index in [9.17, 15) is 4.39 Å². The Balaban J connectivity index is 2.93. The van der Waals surface area contributed by atoms with Gasteiger partial charge < -0.3 is 10.8 Å². The molecule has 1 unspecified atom stereocenters. The zero-order valence-electron chi connectivity index (χ0n) is 7.91. The molecule has 0 saturated heterocycles. The second kappa shape index (κ2) is 4.88. The van der Waals surface area contributed by atoms with Crippen LogP contribution in [-0.2, 0) is 6.61 Å². The average Bonchev–Trinajstić information content (AvgIpc) is 2.19. The molecule has 76 valence electrons. The highest BCUT2D eigenvalue weighted by Gasteiger charge is 2.07. The first-order chi connectivity index (χ1) is 6.69. The average molecular weight is 195 g/mol. The molecular formula is C11H14FNO. The maximum atomic E-state index is 13.0. The van der Waals surface area contributed by atoms with Crippen LogP contribution in [0.15, 0.2) is 30.9 Å². The fourth-order valence-corrected chi connectivity index (χ4v) is 1.26. The number of rotatable bonds is 4. The second-order valence-electron chi connectivity index (χ2n) is 3.14. The Morgan fingerprint density at radius 3 is 2.86 bits per heavy atom. The molecule has 0 spiro atoms. The summed E-state index contributed by atoms with van der Waals surface area (Å²) in [5.74, 6) is -0.401. The summed E-state index contributed by atoms with van der Waals surface area (Å²) in [6, 6.07) is 4.36. The molecule has 1 aromatic carbocycles. The van der Waals surface area contributed by atoms with Gasteiger partial charge in [0.05, 0.1) is 6.61 Å². The Labute approximate surface area is 82.9 Å². The molecule has 1 rings (SSSR count). The van der Waals surface area contributed by atoms with E-state index in [2.05, 4.69) is 6.58 Å². The molecule has 1 aromatic rings. The summed E-state index contributed by atoms with van der Waals surface area (Å²) in [6.45, 7) is 3.28. The smallest absolute Gasteiger partial charge is 0.128 e. The highest BCUT2D eigenvalue weighted by molar-refractivity contribution is 5.27. The quantitative estimate of drug-likeness (QED) is 0.721. The molecule has 0 radical (unpaired) electrons. The molecule has 14 heavy (non-hydrogen) atoms. The van der Waals surface area contributed by atoms with Gasteiger partial charge in [0.25, 0.3) is 0 Å². The van der Waals surface area contributed by atoms with E-state index < -0.39 is 5.82 Å². The summed E-state index contributed by atoms with van der Waals surface area (Å²) >= 11 is 0. The number of nitrogens with two attached hydrogens (primary N) is 1. The Morgan fingerprint density at radius 2 is 2.29 bits per heavy atom. The molecule has 2 nitrogen and oxygen atoms in total. The monoisotopic (exact) mass is 195 g/mol. The lowest BCUT2D eigenvalue weighted by Crippen LogP contribution is -2.09. The summed E-state index contributed by atoms with van der Waals surface area (Å²) in [5.41, 5.74) is 6.90. The van der Waals surface area contributed by atoms with Crippen LogP contribution in [0.5, 0.6) is 0 Å². The van der Waals surface area contributed by atoms with Crippen molar-refractivity contribution in [3.05, 3.63) is 47.8 Å². The van der Waals surface area contributed by atoms with Crippen molar-refractivity contribution in [2.45, 2.75) is 19.1 Å². The molecule has 0 aliphatic carbocycles. The van der Waals surface area contributed by atoms with Crippen molar-refractivity contribution in [1.82, 2.24) is 0 Å². The van der Waals surface area contributed by atoms with Crippen LogP contribution in [0.25, 0.3) is 0 Å². The second-order valence-corrected chi connectivity index (χ2v) is 3.14. The lowest BCUT2D eigenvalue weighted by atomic mass is 10.0. The number of aliphatic hydroxyl groups is 1. The first kappa shape index (κ1) is 10.9. The number of hydrogen-bond acceptors (Lipinski definition) is 2. The van der Waals surface area contributed by atoms with Gasteiger partial charge in [0, 0.05) is 11.6 Å². The van der Waals surface area contributed by atoms with Gasteiger partial charge in [-0.15, -0.1) is 6.58 Å². The molecule has 0 fully saturated rings. The van der Waals surface area contributed by atoms with Crippen LogP contribution in [-0.4, -0.2) is 5.11 Å². The van der Waals surface area contributed by atoms with Gasteiger partial charge in [-0.25, -0.2) is 4.39 Å². The summed E-state index contributed by atoms with van der Waals surface area (Å²) in [4.78, 5) is 0. The van der Waals surface area contributed by atoms with E-state index >= 15 is 0 Å². The lowest BCUT2D eigenvalue weighted by molar-refractivity contribution is 0.275. The van der Waals surface area contributed by atoms with Gasteiger partial charge in [0.15, 0.2) is 0 Å². The van der Waals surface area contributed by atoms with Crippen molar-refractivity contribution < 1.29 is 9.50 Å². The molecule has 3 heteroatoms. The molecule has 0 saturated carbocycles. The molecule has 0 aliphatic heterocycles. The predicted octanol–water partition coefficient (Wildman–Crippen LogP) is 1.89. The fourth-order valence-electron chi connectivity index (χ4n) is 1.26. The van der Waals surface area contributed by atoms with Crippen molar-refractivity contribution >= 4 is 0 Å². The maximum absolute atomic E-state index is 13.0. The van der Waals surface area contributed by atoms with Crippen LogP contribution in [0.3, 0.4) is 0 Å². The number of aliphatic hydroxyl groups excluding tert-OH is 1. The van der Waals surface area contributed by atoms with Crippen molar-refractivity contribution in [2.75, 3.05) is 0 Å². The number of halogens is 1. The molecular weight excluding hydrogens is 181 g/mol. The van der Waals surface area contributed by atoms with E-state index in [-0.39, 0.29) is 18.2 Å². The zero-order chi connectivity index (χ0) is 10.6. The fraction of sp³-hybridized carbons (Fsp3) is 0.273. The molecule has 1 atom stereocenters. The standard InChI is InChI=1S/C11H14FNO/c1-2-3-11(13)8-4-5-10(12)9(6-8)7-14/h2,4-6,11,14H,1,3,7,13H2. The summed E-state index contributed by atoms with van der Waals surface area (Å²) in [7, 11) is 0. The third-order valence-corrected chi connectivity index (χ3v) is 2.09. The normalized spacial score (nSPS) is 12.5. The lowest BCUT2D eigenvalue weighted by Gasteiger charge is -2.10. The van der Waals surface area contributed by atoms with Crippen LogP contribution in [0.2, 0.25) is 0 Å². The van der Waals surface area contributed by atoms with E-state index in [1.165, 1.54) is 6.07 Å². The van der Waals surface area contributed by atoms with E-state index in [1.807, 2.05) is 0 Å². The summed E-state index contributed by atoms with van der Waals surface area (Å²) < 4.78 is 13.0. The Bertz CT molecular complexity index is 325. The molecule has 3 N–H and O–H groups in total. The predicted molar refractivity (Wildman–Crippen MR) is 54.1 cm³/mol. The molecule has 0 aliphatic rings. The van der Waals surface area contributed by atoms with Crippen LogP contribution in [0.1, 0.15) is 23.6 Å². The highest BCUT2D eigenvalue weighted by Crippen LogP contribution is 2.18. The van der Waals surface area contributed by atoms with E-state index in [0.717, 1.165) is 5.56 Å². The van der Waals surface area contributed by atoms with Gasteiger partial charge in [-0.05, 0) is 24.1 Å². The van der Waals surface area contributed by atoms with Gasteiger partial charge >= 0.3 is 0 Å². The zero-order valence-corrected chi connectivity index (χ0v) is 7.91. The molecule has 0 amide bonds. The minimum atomic E-state index is -0.401. The van der Waals surface area contributed by atoms with Crippen LogP contribution in [0.4, 0.5) is 4.39 Å². The third kappa shape index (κ3) is 2.40. The largest absolute Gasteiger partial charge is 0.392 e. The molecule has 0 heterocycles. The first-order valence-electron chi connectivity index (χ1n) is 4.44. The van der Waals surface area contributed by atoms with Crippen molar-refractivity contribution in [2.24, 2.45) is 5.73 Å². The van der Waals surface area contributed by atoms with Crippen LogP contribution < -0.4 is 5.73 Å². The van der Waals surface area contributed by atoms with Gasteiger partial charge in [-0.3, -0.25) is 0 Å². The molecule has 0 aromatic heterocycles. The topological polar surface area (TPSA) is 46.2 Å². The Kier molecular flexibility index (Phi) is 3.80. The third-order valence-electron chi connectivity index (χ3n) is 2.09. The Hall–Kier alpha value is -1.19. The summed E-state index contributed by atoms with van der Waals surface area (Å²) in [6.07, 6.45) is 2.35. The van der Waals surface area contributed by atoms with Crippen molar-refractivity contribution in [3.8, 4) is 0 Å². The SMILES string of the molecule is C=CCC(N)c1ccc(F)c(CO)c1. The van der Waals surface area contributed by atoms with Gasteiger partial charge in [-0.1, -0.05) is 12.1 Å². The van der Waals surface area contributed by atoms with Crippen LogP contribution >= 0.6 is 0 Å². The number of benzene rings is 1. The van der Waals surface area contributed by atoms with Crippen molar-refractivity contribution in [1.29, 1.82) is 0 Å². The minimum Gasteiger partial charge on any atom is -0.392 e. The van der Waals surface area contributed by atoms with Gasteiger partial charge in [-0.2, -0.15) is 0 Å². The Morgan fingerprint density at radius 1 is 1.57 bits per heavy atom. The molecule has 0 bridgehead atoms.